The van der Waals surface area contributed by atoms with Crippen molar-refractivity contribution in [1.82, 2.24) is 0 Å². The molecule has 1 amide bonds. The van der Waals surface area contributed by atoms with E-state index in [9.17, 15) is 9.59 Å². The van der Waals surface area contributed by atoms with Gasteiger partial charge in [-0.2, -0.15) is 0 Å². The summed E-state index contributed by atoms with van der Waals surface area (Å²) in [6.45, 7) is 2.41. The van der Waals surface area contributed by atoms with Crippen LogP contribution in [0.15, 0.2) is 24.3 Å². The van der Waals surface area contributed by atoms with Gasteiger partial charge in [-0.15, -0.1) is 0 Å². The molecule has 17 heavy (non-hydrogen) atoms. The standard InChI is InChI=1S/C12H16N2O3/c1-2-17-12(16)11(15)14-10-5-3-9(4-6-10)7-8-13/h3-6H,2,7-8,13H2,1H3,(H,14,15). The van der Waals surface area contributed by atoms with Gasteiger partial charge in [0.1, 0.15) is 0 Å². The SMILES string of the molecule is CCOC(=O)C(=O)Nc1ccc(CCN)cc1. The molecule has 0 spiro atoms. The van der Waals surface area contributed by atoms with E-state index in [4.69, 9.17) is 5.73 Å². The number of amides is 1. The van der Waals surface area contributed by atoms with Gasteiger partial charge in [0.05, 0.1) is 6.61 Å². The van der Waals surface area contributed by atoms with Gasteiger partial charge in [-0.05, 0) is 37.6 Å². The smallest absolute Gasteiger partial charge is 0.397 e. The molecule has 0 saturated heterocycles. The molecule has 0 aliphatic carbocycles. The topological polar surface area (TPSA) is 81.4 Å². The Morgan fingerprint density at radius 2 is 1.94 bits per heavy atom. The number of ether oxygens (including phenoxy) is 1. The second-order valence-electron chi connectivity index (χ2n) is 3.41. The lowest BCUT2D eigenvalue weighted by Gasteiger charge is -2.05. The maximum Gasteiger partial charge on any atom is 0.397 e. The quantitative estimate of drug-likeness (QED) is 0.595. The van der Waals surface area contributed by atoms with Crippen LogP contribution in [-0.4, -0.2) is 25.0 Å². The molecule has 1 aromatic rings. The zero-order valence-corrected chi connectivity index (χ0v) is 9.73. The molecule has 0 radical (unpaired) electrons. The first-order valence-electron chi connectivity index (χ1n) is 5.44. The van der Waals surface area contributed by atoms with Crippen LogP contribution >= 0.6 is 0 Å². The average molecular weight is 236 g/mol. The summed E-state index contributed by atoms with van der Waals surface area (Å²) >= 11 is 0. The summed E-state index contributed by atoms with van der Waals surface area (Å²) in [4.78, 5) is 22.4. The lowest BCUT2D eigenvalue weighted by atomic mass is 10.1. The molecule has 1 aromatic carbocycles. The van der Waals surface area contributed by atoms with Crippen LogP contribution in [0.1, 0.15) is 12.5 Å². The predicted octanol–water partition coefficient (Wildman–Crippen LogP) is 0.689. The van der Waals surface area contributed by atoms with Gasteiger partial charge in [0.25, 0.3) is 0 Å². The van der Waals surface area contributed by atoms with E-state index in [1.165, 1.54) is 0 Å². The predicted molar refractivity (Wildman–Crippen MR) is 64.5 cm³/mol. The van der Waals surface area contributed by atoms with Crippen LogP contribution in [0.5, 0.6) is 0 Å². The lowest BCUT2D eigenvalue weighted by Crippen LogP contribution is -2.24. The summed E-state index contributed by atoms with van der Waals surface area (Å²) in [5.41, 5.74) is 7.07. The lowest BCUT2D eigenvalue weighted by molar-refractivity contribution is -0.152. The molecule has 0 atom stereocenters. The Bertz CT molecular complexity index is 387. The van der Waals surface area contributed by atoms with E-state index in [0.29, 0.717) is 12.2 Å². The third-order valence-electron chi connectivity index (χ3n) is 2.11. The van der Waals surface area contributed by atoms with Crippen molar-refractivity contribution in [2.24, 2.45) is 5.73 Å². The van der Waals surface area contributed by atoms with E-state index in [2.05, 4.69) is 10.1 Å². The fraction of sp³-hybridized carbons (Fsp3) is 0.333. The Hall–Kier alpha value is -1.88. The highest BCUT2D eigenvalue weighted by Crippen LogP contribution is 2.09. The van der Waals surface area contributed by atoms with Crippen LogP contribution in [0.3, 0.4) is 0 Å². The molecule has 92 valence electrons. The molecule has 0 heterocycles. The van der Waals surface area contributed by atoms with Crippen LogP contribution in [0, 0.1) is 0 Å². The molecule has 0 aliphatic rings. The van der Waals surface area contributed by atoms with Crippen LogP contribution in [0.2, 0.25) is 0 Å². The molecule has 0 unspecified atom stereocenters. The maximum atomic E-state index is 11.3. The number of carbonyl (C=O) groups is 2. The van der Waals surface area contributed by atoms with Gasteiger partial charge in [0.2, 0.25) is 0 Å². The average Bonchev–Trinajstić information content (AvgIpc) is 2.32. The van der Waals surface area contributed by atoms with E-state index in [1.54, 1.807) is 19.1 Å². The van der Waals surface area contributed by atoms with Crippen molar-refractivity contribution in [2.45, 2.75) is 13.3 Å². The molecular formula is C12H16N2O3. The molecule has 3 N–H and O–H groups in total. The van der Waals surface area contributed by atoms with Crippen molar-refractivity contribution in [2.75, 3.05) is 18.5 Å². The van der Waals surface area contributed by atoms with Crippen molar-refractivity contribution in [3.05, 3.63) is 29.8 Å². The van der Waals surface area contributed by atoms with Gasteiger partial charge in [-0.3, -0.25) is 4.79 Å². The molecule has 0 fully saturated rings. The van der Waals surface area contributed by atoms with Gasteiger partial charge >= 0.3 is 11.9 Å². The fourth-order valence-corrected chi connectivity index (χ4v) is 1.30. The van der Waals surface area contributed by atoms with Crippen molar-refractivity contribution in [3.63, 3.8) is 0 Å². The van der Waals surface area contributed by atoms with Gasteiger partial charge in [-0.25, -0.2) is 4.79 Å². The van der Waals surface area contributed by atoms with Crippen LogP contribution in [0.25, 0.3) is 0 Å². The first-order valence-corrected chi connectivity index (χ1v) is 5.44. The van der Waals surface area contributed by atoms with E-state index in [1.807, 2.05) is 12.1 Å². The van der Waals surface area contributed by atoms with Crippen LogP contribution in [-0.2, 0) is 20.7 Å². The fourth-order valence-electron chi connectivity index (χ4n) is 1.30. The zero-order chi connectivity index (χ0) is 12.7. The highest BCUT2D eigenvalue weighted by Gasteiger charge is 2.14. The minimum absolute atomic E-state index is 0.182. The van der Waals surface area contributed by atoms with Crippen LogP contribution in [0.4, 0.5) is 5.69 Å². The first-order chi connectivity index (χ1) is 8.17. The third kappa shape index (κ3) is 4.24. The number of carbonyl (C=O) groups excluding carboxylic acids is 2. The maximum absolute atomic E-state index is 11.3. The molecule has 0 aliphatic heterocycles. The summed E-state index contributed by atoms with van der Waals surface area (Å²) in [5, 5.41) is 2.45. The highest BCUT2D eigenvalue weighted by atomic mass is 16.5. The zero-order valence-electron chi connectivity index (χ0n) is 9.73. The molecular weight excluding hydrogens is 220 g/mol. The monoisotopic (exact) mass is 236 g/mol. The Balaban J connectivity index is 2.57. The van der Waals surface area contributed by atoms with Gasteiger partial charge < -0.3 is 15.8 Å². The van der Waals surface area contributed by atoms with Crippen molar-refractivity contribution >= 4 is 17.6 Å². The Kier molecular flexibility index (Phi) is 5.16. The number of nitrogens with one attached hydrogen (secondary N) is 1. The Labute approximate surface area is 99.9 Å². The van der Waals surface area contributed by atoms with Crippen molar-refractivity contribution in [3.8, 4) is 0 Å². The molecule has 1 rings (SSSR count). The number of rotatable bonds is 4. The van der Waals surface area contributed by atoms with Crippen molar-refractivity contribution in [1.29, 1.82) is 0 Å². The summed E-state index contributed by atoms with van der Waals surface area (Å²) < 4.78 is 4.57. The summed E-state index contributed by atoms with van der Waals surface area (Å²) in [6.07, 6.45) is 0.784. The number of anilines is 1. The van der Waals surface area contributed by atoms with Crippen LogP contribution < -0.4 is 11.1 Å². The molecule has 0 aromatic heterocycles. The summed E-state index contributed by atoms with van der Waals surface area (Å²) in [5.74, 6) is -1.64. The number of benzene rings is 1. The van der Waals surface area contributed by atoms with E-state index in [-0.39, 0.29) is 6.61 Å². The normalized spacial score (nSPS) is 9.76. The number of esters is 1. The molecule has 0 bridgehead atoms. The minimum atomic E-state index is -0.876. The van der Waals surface area contributed by atoms with Crippen molar-refractivity contribution < 1.29 is 14.3 Å². The highest BCUT2D eigenvalue weighted by molar-refractivity contribution is 6.37. The molecule has 5 heteroatoms. The van der Waals surface area contributed by atoms with Gasteiger partial charge in [0, 0.05) is 5.69 Å². The van der Waals surface area contributed by atoms with E-state index in [0.717, 1.165) is 12.0 Å². The largest absolute Gasteiger partial charge is 0.459 e. The van der Waals surface area contributed by atoms with E-state index >= 15 is 0 Å². The molecule has 0 saturated carbocycles. The second kappa shape index (κ2) is 6.65. The van der Waals surface area contributed by atoms with Gasteiger partial charge in [0.15, 0.2) is 0 Å². The van der Waals surface area contributed by atoms with E-state index < -0.39 is 11.9 Å². The minimum Gasteiger partial charge on any atom is -0.459 e. The number of nitrogens with two attached hydrogens (primary N) is 1. The second-order valence-corrected chi connectivity index (χ2v) is 3.41. The number of hydrogen-bond donors (Lipinski definition) is 2. The molecule has 5 nitrogen and oxygen atoms in total. The van der Waals surface area contributed by atoms with Gasteiger partial charge in [-0.1, -0.05) is 12.1 Å². The first kappa shape index (κ1) is 13.2. The Morgan fingerprint density at radius 3 is 2.47 bits per heavy atom. The number of hydrogen-bond acceptors (Lipinski definition) is 4. The summed E-state index contributed by atoms with van der Waals surface area (Å²) in [6, 6.07) is 7.16. The Morgan fingerprint density at radius 1 is 1.29 bits per heavy atom. The third-order valence-corrected chi connectivity index (χ3v) is 2.11. The summed E-state index contributed by atoms with van der Waals surface area (Å²) in [7, 11) is 0.